The molecule has 1 N–H and O–H groups in total. The van der Waals surface area contributed by atoms with Crippen molar-refractivity contribution in [1.29, 1.82) is 0 Å². The van der Waals surface area contributed by atoms with Crippen molar-refractivity contribution in [2.24, 2.45) is 0 Å². The van der Waals surface area contributed by atoms with E-state index in [2.05, 4.69) is 10.1 Å². The van der Waals surface area contributed by atoms with Crippen molar-refractivity contribution in [1.82, 2.24) is 5.32 Å². The summed E-state index contributed by atoms with van der Waals surface area (Å²) in [6.45, 7) is 0. The van der Waals surface area contributed by atoms with Crippen LogP contribution in [0.15, 0.2) is 18.2 Å². The van der Waals surface area contributed by atoms with Crippen molar-refractivity contribution in [3.8, 4) is 0 Å². The molecule has 1 aliphatic heterocycles. The van der Waals surface area contributed by atoms with Crippen LogP contribution in [0.2, 0.25) is 5.02 Å². The van der Waals surface area contributed by atoms with E-state index in [0.29, 0.717) is 5.56 Å². The molecular formula is C12H13ClFNO4S. The molecule has 2 unspecified atom stereocenters. The Morgan fingerprint density at radius 1 is 1.45 bits per heavy atom. The van der Waals surface area contributed by atoms with Crippen LogP contribution in [0, 0.1) is 5.82 Å². The van der Waals surface area contributed by atoms with Crippen LogP contribution < -0.4 is 5.32 Å². The SMILES string of the molecule is COC(=O)C1CS(=O)(=O)CC(c2ccc(F)cc2Cl)N1. The van der Waals surface area contributed by atoms with Crippen LogP contribution >= 0.6 is 11.6 Å². The van der Waals surface area contributed by atoms with Gasteiger partial charge in [0, 0.05) is 11.1 Å². The average Bonchev–Trinajstić information content (AvgIpc) is 2.35. The Morgan fingerprint density at radius 2 is 2.15 bits per heavy atom. The number of methoxy groups -OCH3 is 1. The molecule has 0 aliphatic carbocycles. The molecule has 20 heavy (non-hydrogen) atoms. The molecule has 2 atom stereocenters. The predicted octanol–water partition coefficient (Wildman–Crippen LogP) is 1.08. The number of carbonyl (C=O) groups is 1. The first kappa shape index (κ1) is 15.2. The number of hydrogen-bond donors (Lipinski definition) is 1. The van der Waals surface area contributed by atoms with Crippen molar-refractivity contribution in [2.45, 2.75) is 12.1 Å². The summed E-state index contributed by atoms with van der Waals surface area (Å²) in [6.07, 6.45) is 0. The monoisotopic (exact) mass is 321 g/mol. The maximum atomic E-state index is 13.0. The molecule has 1 aromatic rings. The Labute approximate surface area is 121 Å². The Kier molecular flexibility index (Phi) is 4.31. The highest BCUT2D eigenvalue weighted by atomic mass is 35.5. The van der Waals surface area contributed by atoms with Crippen molar-refractivity contribution in [2.75, 3.05) is 18.6 Å². The summed E-state index contributed by atoms with van der Waals surface area (Å²) in [5, 5.41) is 2.99. The quantitative estimate of drug-likeness (QED) is 0.825. The molecule has 1 heterocycles. The molecule has 1 aliphatic rings. The van der Waals surface area contributed by atoms with Crippen molar-refractivity contribution in [3.63, 3.8) is 0 Å². The second-order valence-corrected chi connectivity index (χ2v) is 7.10. The predicted molar refractivity (Wildman–Crippen MR) is 71.7 cm³/mol. The highest BCUT2D eigenvalue weighted by Gasteiger charge is 2.37. The summed E-state index contributed by atoms with van der Waals surface area (Å²) >= 11 is 5.93. The fourth-order valence-corrected chi connectivity index (χ4v) is 4.12. The standard InChI is InChI=1S/C12H13ClFNO4S/c1-19-12(16)11-6-20(17,18)5-10(15-11)8-3-2-7(14)4-9(8)13/h2-4,10-11,15H,5-6H2,1H3. The minimum atomic E-state index is -3.43. The smallest absolute Gasteiger partial charge is 0.323 e. The molecular weight excluding hydrogens is 309 g/mol. The highest BCUT2D eigenvalue weighted by Crippen LogP contribution is 2.28. The van der Waals surface area contributed by atoms with Gasteiger partial charge in [0.05, 0.1) is 18.6 Å². The van der Waals surface area contributed by atoms with Crippen LogP contribution in [0.3, 0.4) is 0 Å². The number of hydrogen-bond acceptors (Lipinski definition) is 5. The molecule has 8 heteroatoms. The van der Waals surface area contributed by atoms with Crippen LogP contribution in [0.1, 0.15) is 11.6 Å². The van der Waals surface area contributed by atoms with Crippen LogP contribution in [0.4, 0.5) is 4.39 Å². The van der Waals surface area contributed by atoms with Gasteiger partial charge < -0.3 is 4.74 Å². The van der Waals surface area contributed by atoms with E-state index >= 15 is 0 Å². The Morgan fingerprint density at radius 3 is 2.75 bits per heavy atom. The number of halogens is 2. The number of rotatable bonds is 2. The van der Waals surface area contributed by atoms with E-state index in [4.69, 9.17) is 11.6 Å². The fourth-order valence-electron chi connectivity index (χ4n) is 2.16. The molecule has 5 nitrogen and oxygen atoms in total. The number of sulfone groups is 1. The molecule has 1 aromatic carbocycles. The van der Waals surface area contributed by atoms with Gasteiger partial charge in [-0.15, -0.1) is 0 Å². The van der Waals surface area contributed by atoms with Gasteiger partial charge in [0.1, 0.15) is 11.9 Å². The molecule has 110 valence electrons. The minimum absolute atomic E-state index is 0.114. The second-order valence-electron chi connectivity index (χ2n) is 4.54. The molecule has 0 radical (unpaired) electrons. The lowest BCUT2D eigenvalue weighted by molar-refractivity contribution is -0.142. The summed E-state index contributed by atoms with van der Waals surface area (Å²) in [7, 11) is -2.24. The van der Waals surface area contributed by atoms with Crippen molar-refractivity contribution >= 4 is 27.4 Å². The van der Waals surface area contributed by atoms with Gasteiger partial charge in [0.2, 0.25) is 0 Å². The molecule has 1 saturated heterocycles. The maximum Gasteiger partial charge on any atom is 0.323 e. The lowest BCUT2D eigenvalue weighted by Crippen LogP contribution is -2.51. The van der Waals surface area contributed by atoms with Gasteiger partial charge in [-0.25, -0.2) is 12.8 Å². The molecule has 0 bridgehead atoms. The van der Waals surface area contributed by atoms with E-state index in [1.54, 1.807) is 0 Å². The normalized spacial score (nSPS) is 25.1. The average molecular weight is 322 g/mol. The highest BCUT2D eigenvalue weighted by molar-refractivity contribution is 7.91. The van der Waals surface area contributed by atoms with Crippen molar-refractivity contribution in [3.05, 3.63) is 34.6 Å². The first-order valence-corrected chi connectivity index (χ1v) is 8.01. The number of nitrogens with one attached hydrogen (secondary N) is 1. The van der Waals surface area contributed by atoms with E-state index in [0.717, 1.165) is 6.07 Å². The number of benzene rings is 1. The lowest BCUT2D eigenvalue weighted by atomic mass is 10.1. The Hall–Kier alpha value is -1.18. The van der Waals surface area contributed by atoms with Gasteiger partial charge in [-0.2, -0.15) is 0 Å². The van der Waals surface area contributed by atoms with Gasteiger partial charge in [0.25, 0.3) is 0 Å². The first-order valence-electron chi connectivity index (χ1n) is 5.81. The van der Waals surface area contributed by atoms with Gasteiger partial charge >= 0.3 is 5.97 Å². The fraction of sp³-hybridized carbons (Fsp3) is 0.417. The molecule has 1 fully saturated rings. The molecule has 2 rings (SSSR count). The zero-order chi connectivity index (χ0) is 14.9. The van der Waals surface area contributed by atoms with Crippen molar-refractivity contribution < 1.29 is 22.3 Å². The first-order chi connectivity index (χ1) is 9.32. The summed E-state index contributed by atoms with van der Waals surface area (Å²) in [5.41, 5.74) is 0.435. The third kappa shape index (κ3) is 3.28. The summed E-state index contributed by atoms with van der Waals surface area (Å²) in [6, 6.07) is 2.07. The zero-order valence-electron chi connectivity index (χ0n) is 10.6. The van der Waals surface area contributed by atoms with Gasteiger partial charge in [0.15, 0.2) is 9.84 Å². The van der Waals surface area contributed by atoms with Crippen LogP contribution in [-0.2, 0) is 19.4 Å². The largest absolute Gasteiger partial charge is 0.468 e. The van der Waals surface area contributed by atoms with E-state index < -0.39 is 33.7 Å². The van der Waals surface area contributed by atoms with Gasteiger partial charge in [-0.05, 0) is 17.7 Å². The summed E-state index contributed by atoms with van der Waals surface area (Å²) in [4.78, 5) is 11.5. The van der Waals surface area contributed by atoms with Crippen LogP contribution in [-0.4, -0.2) is 39.0 Å². The van der Waals surface area contributed by atoms with Gasteiger partial charge in [-0.3, -0.25) is 10.1 Å². The topological polar surface area (TPSA) is 72.5 Å². The molecule has 0 saturated carbocycles. The molecule has 0 aromatic heterocycles. The number of esters is 1. The van der Waals surface area contributed by atoms with Crippen LogP contribution in [0.25, 0.3) is 0 Å². The van der Waals surface area contributed by atoms with E-state index in [1.165, 1.54) is 19.2 Å². The lowest BCUT2D eigenvalue weighted by Gasteiger charge is -2.30. The summed E-state index contributed by atoms with van der Waals surface area (Å²) < 4.78 is 41.3. The van der Waals surface area contributed by atoms with E-state index in [-0.39, 0.29) is 16.5 Å². The van der Waals surface area contributed by atoms with Gasteiger partial charge in [-0.1, -0.05) is 17.7 Å². The molecule has 0 amide bonds. The molecule has 0 spiro atoms. The van der Waals surface area contributed by atoms with E-state index in [1.807, 2.05) is 0 Å². The number of carbonyl (C=O) groups excluding carboxylic acids is 1. The van der Waals surface area contributed by atoms with Crippen LogP contribution in [0.5, 0.6) is 0 Å². The second kappa shape index (κ2) is 5.67. The Balaban J connectivity index is 2.33. The minimum Gasteiger partial charge on any atom is -0.468 e. The maximum absolute atomic E-state index is 13.0. The zero-order valence-corrected chi connectivity index (χ0v) is 12.2. The summed E-state index contributed by atoms with van der Waals surface area (Å²) in [5.74, 6) is -1.70. The third-order valence-corrected chi connectivity index (χ3v) is 5.08. The number of ether oxygens (including phenoxy) is 1. The Bertz CT molecular complexity index is 634. The van der Waals surface area contributed by atoms with E-state index in [9.17, 15) is 17.6 Å². The third-order valence-electron chi connectivity index (χ3n) is 3.07.